The largest absolute Gasteiger partial charge is 0.457 e. The molecule has 22 heavy (non-hydrogen) atoms. The van der Waals surface area contributed by atoms with E-state index >= 15 is 0 Å². The Balaban J connectivity index is 2.91. The molecule has 128 valence electrons. The average Bonchev–Trinajstić information content (AvgIpc) is 2.39. The van der Waals surface area contributed by atoms with Crippen LogP contribution in [0, 0.1) is 0 Å². The van der Waals surface area contributed by atoms with Crippen LogP contribution in [-0.4, -0.2) is 49.3 Å². The fourth-order valence-corrected chi connectivity index (χ4v) is 1.38. The second kappa shape index (κ2) is 5.73. The normalized spacial score (nSPS) is 25.6. The fourth-order valence-electron chi connectivity index (χ4n) is 1.38. The van der Waals surface area contributed by atoms with Crippen LogP contribution in [0.2, 0.25) is 0 Å². The third-order valence-corrected chi connectivity index (χ3v) is 2.85. The summed E-state index contributed by atoms with van der Waals surface area (Å²) in [5.41, 5.74) is -0.0448. The molecule has 0 saturated carbocycles. The topological polar surface area (TPSA) is 44.8 Å². The number of halogens is 6. The van der Waals surface area contributed by atoms with E-state index in [1.807, 2.05) is 0 Å². The molecule has 10 heteroatoms. The van der Waals surface area contributed by atoms with Gasteiger partial charge >= 0.3 is 23.7 Å². The molecular weight excluding hydrogens is 322 g/mol. The van der Waals surface area contributed by atoms with Crippen molar-refractivity contribution in [3.05, 3.63) is 12.2 Å². The molecule has 0 unspecified atom stereocenters. The van der Waals surface area contributed by atoms with Crippen molar-refractivity contribution in [1.82, 2.24) is 0 Å². The zero-order valence-electron chi connectivity index (χ0n) is 11.7. The minimum atomic E-state index is -5.64. The number of hydrogen-bond donors (Lipinski definition) is 0. The predicted octanol–water partition coefficient (Wildman–Crippen LogP) is 2.77. The summed E-state index contributed by atoms with van der Waals surface area (Å²) < 4.78 is 92.7. The summed E-state index contributed by atoms with van der Waals surface area (Å²) in [5, 5.41) is 0. The van der Waals surface area contributed by atoms with Crippen molar-refractivity contribution < 1.29 is 45.3 Å². The van der Waals surface area contributed by atoms with E-state index in [9.17, 15) is 31.1 Å². The highest BCUT2D eigenvalue weighted by molar-refractivity contribution is 5.86. The molecule has 0 aromatic carbocycles. The van der Waals surface area contributed by atoms with Crippen molar-refractivity contribution in [3.8, 4) is 0 Å². The highest BCUT2D eigenvalue weighted by atomic mass is 19.3. The monoisotopic (exact) mass is 336 g/mol. The van der Waals surface area contributed by atoms with E-state index in [1.165, 1.54) is 6.92 Å². The Morgan fingerprint density at radius 3 is 1.86 bits per heavy atom. The van der Waals surface area contributed by atoms with Crippen molar-refractivity contribution in [2.45, 2.75) is 37.4 Å². The van der Waals surface area contributed by atoms with Gasteiger partial charge < -0.3 is 14.2 Å². The first kappa shape index (κ1) is 18.8. The molecule has 1 aliphatic heterocycles. The van der Waals surface area contributed by atoms with Crippen molar-refractivity contribution >= 4 is 5.97 Å². The minimum Gasteiger partial charge on any atom is -0.457 e. The molecule has 0 bridgehead atoms. The minimum absolute atomic E-state index is 0.0448. The highest BCUT2D eigenvalue weighted by Gasteiger charge is 2.73. The first-order valence-electron chi connectivity index (χ1n) is 5.98. The van der Waals surface area contributed by atoms with Crippen molar-refractivity contribution in [1.29, 1.82) is 0 Å². The third kappa shape index (κ3) is 3.54. The molecule has 0 radical (unpaired) electrons. The van der Waals surface area contributed by atoms with E-state index in [-0.39, 0.29) is 5.57 Å². The predicted molar refractivity (Wildman–Crippen MR) is 60.9 cm³/mol. The molecule has 1 aliphatic rings. The van der Waals surface area contributed by atoms with Crippen molar-refractivity contribution in [2.75, 3.05) is 19.8 Å². The van der Waals surface area contributed by atoms with Crippen molar-refractivity contribution in [2.24, 2.45) is 0 Å². The molecule has 0 N–H and O–H groups in total. The molecule has 1 heterocycles. The maximum absolute atomic E-state index is 13.3. The lowest BCUT2D eigenvalue weighted by molar-refractivity contribution is -0.386. The van der Waals surface area contributed by atoms with Crippen LogP contribution < -0.4 is 0 Å². The summed E-state index contributed by atoms with van der Waals surface area (Å²) in [7, 11) is 0. The van der Waals surface area contributed by atoms with Crippen LogP contribution in [0.3, 0.4) is 0 Å². The Labute approximate surface area is 122 Å². The molecule has 0 aliphatic carbocycles. The van der Waals surface area contributed by atoms with E-state index in [4.69, 9.17) is 0 Å². The molecule has 1 saturated heterocycles. The number of ether oxygens (including phenoxy) is 3. The molecule has 4 nitrogen and oxygen atoms in total. The zero-order valence-corrected chi connectivity index (χ0v) is 11.7. The Morgan fingerprint density at radius 2 is 1.50 bits per heavy atom. The highest BCUT2D eigenvalue weighted by Crippen LogP contribution is 2.48. The molecule has 0 aromatic rings. The molecule has 1 rings (SSSR count). The van der Waals surface area contributed by atoms with E-state index in [1.54, 1.807) is 0 Å². The number of carbonyl (C=O) groups excluding carboxylic acids is 1. The summed E-state index contributed by atoms with van der Waals surface area (Å²) >= 11 is 0. The summed E-state index contributed by atoms with van der Waals surface area (Å²) in [6, 6.07) is 0. The smallest absolute Gasteiger partial charge is 0.376 e. The molecule has 0 atom stereocenters. The van der Waals surface area contributed by atoms with Crippen LogP contribution in [-0.2, 0) is 19.0 Å². The van der Waals surface area contributed by atoms with E-state index in [0.717, 1.165) is 6.92 Å². The zero-order chi connectivity index (χ0) is 17.4. The van der Waals surface area contributed by atoms with Gasteiger partial charge in [-0.1, -0.05) is 6.58 Å². The quantitative estimate of drug-likeness (QED) is 0.452. The van der Waals surface area contributed by atoms with Crippen LogP contribution in [0.15, 0.2) is 12.2 Å². The average molecular weight is 336 g/mol. The summed E-state index contributed by atoms with van der Waals surface area (Å²) in [5.74, 6) is -19.1. The van der Waals surface area contributed by atoms with Gasteiger partial charge in [0.25, 0.3) is 0 Å². The van der Waals surface area contributed by atoms with Gasteiger partial charge in [-0.2, -0.15) is 26.3 Å². The fraction of sp³-hybridized carbons (Fsp3) is 0.750. The summed E-state index contributed by atoms with van der Waals surface area (Å²) in [6.45, 7) is 0.528. The molecule has 0 spiro atoms. The van der Waals surface area contributed by atoms with E-state index < -0.39 is 49.3 Å². The Hall–Kier alpha value is -1.29. The number of hydrogen-bond acceptors (Lipinski definition) is 4. The van der Waals surface area contributed by atoms with Crippen molar-refractivity contribution in [3.63, 3.8) is 0 Å². The van der Waals surface area contributed by atoms with Gasteiger partial charge in [0.05, 0.1) is 0 Å². The van der Waals surface area contributed by atoms with Gasteiger partial charge in [-0.25, -0.2) is 4.79 Å². The Kier molecular flexibility index (Phi) is 4.88. The van der Waals surface area contributed by atoms with Gasteiger partial charge in [0, 0.05) is 5.57 Å². The maximum Gasteiger partial charge on any atom is 0.376 e. The maximum atomic E-state index is 13.3. The number of esters is 1. The second-order valence-electron chi connectivity index (χ2n) is 5.05. The molecule has 0 aromatic heterocycles. The first-order chi connectivity index (χ1) is 9.74. The third-order valence-electron chi connectivity index (χ3n) is 2.85. The van der Waals surface area contributed by atoms with Crippen LogP contribution >= 0.6 is 0 Å². The van der Waals surface area contributed by atoms with E-state index in [0.29, 0.717) is 0 Å². The standard InChI is InChI=1S/C12H14F6O4/c1-7(2)8(19)20-4-9(3)21-5-10(13,14)12(17,18)11(15,16)6-22-9/h1,4-6H2,2-3H3. The van der Waals surface area contributed by atoms with Crippen LogP contribution in [0.5, 0.6) is 0 Å². The van der Waals surface area contributed by atoms with Gasteiger partial charge in [-0.05, 0) is 13.8 Å². The SMILES string of the molecule is C=C(C)C(=O)OCC1(C)OCC(F)(F)C(F)(F)C(F)(F)CO1. The van der Waals surface area contributed by atoms with Gasteiger partial charge in [0.1, 0.15) is 19.8 Å². The van der Waals surface area contributed by atoms with Crippen LogP contribution in [0.1, 0.15) is 13.8 Å². The molecule has 0 amide bonds. The van der Waals surface area contributed by atoms with Crippen LogP contribution in [0.4, 0.5) is 26.3 Å². The Bertz CT molecular complexity index is 441. The lowest BCUT2D eigenvalue weighted by Gasteiger charge is -2.40. The lowest BCUT2D eigenvalue weighted by atomic mass is 10.0. The lowest BCUT2D eigenvalue weighted by Crippen LogP contribution is -2.62. The van der Waals surface area contributed by atoms with E-state index in [2.05, 4.69) is 20.8 Å². The van der Waals surface area contributed by atoms with Gasteiger partial charge in [0.2, 0.25) is 5.79 Å². The number of carbonyl (C=O) groups is 1. The Morgan fingerprint density at radius 1 is 1.09 bits per heavy atom. The molecule has 1 fully saturated rings. The molecular formula is C12H14F6O4. The first-order valence-corrected chi connectivity index (χ1v) is 5.98. The summed E-state index contributed by atoms with van der Waals surface area (Å²) in [6.07, 6.45) is 0. The van der Waals surface area contributed by atoms with Crippen LogP contribution in [0.25, 0.3) is 0 Å². The summed E-state index contributed by atoms with van der Waals surface area (Å²) in [4.78, 5) is 11.2. The van der Waals surface area contributed by atoms with Gasteiger partial charge in [-0.3, -0.25) is 0 Å². The number of rotatable bonds is 3. The number of alkyl halides is 6. The van der Waals surface area contributed by atoms with Gasteiger partial charge in [-0.15, -0.1) is 0 Å². The second-order valence-corrected chi connectivity index (χ2v) is 5.05. The van der Waals surface area contributed by atoms with Gasteiger partial charge in [0.15, 0.2) is 0 Å².